The lowest BCUT2D eigenvalue weighted by Gasteiger charge is -2.07. The monoisotopic (exact) mass is 312 g/mol. The van der Waals surface area contributed by atoms with Gasteiger partial charge in [-0.15, -0.1) is 0 Å². The molecule has 122 valence electrons. The largest absolute Gasteiger partial charge is 0.309 e. The van der Waals surface area contributed by atoms with Crippen molar-refractivity contribution in [2.24, 2.45) is 5.92 Å². The quantitative estimate of drug-likeness (QED) is 0.852. The Morgan fingerprint density at radius 1 is 1.22 bits per heavy atom. The van der Waals surface area contributed by atoms with E-state index < -0.39 is 0 Å². The maximum absolute atomic E-state index is 12.0. The number of amides is 1. The maximum atomic E-state index is 12.0. The minimum atomic E-state index is 0.0799. The summed E-state index contributed by atoms with van der Waals surface area (Å²) >= 11 is 0. The molecule has 1 aliphatic rings. The van der Waals surface area contributed by atoms with Crippen LogP contribution in [-0.2, 0) is 17.8 Å². The van der Waals surface area contributed by atoms with Crippen LogP contribution in [-0.4, -0.2) is 20.7 Å². The van der Waals surface area contributed by atoms with Crippen molar-refractivity contribution in [1.82, 2.24) is 14.8 Å². The van der Waals surface area contributed by atoms with Gasteiger partial charge in [-0.25, -0.2) is 0 Å². The molecule has 0 aromatic carbocycles. The zero-order valence-electron chi connectivity index (χ0n) is 13.4. The van der Waals surface area contributed by atoms with E-state index in [0.717, 1.165) is 25.3 Å². The van der Waals surface area contributed by atoms with Crippen LogP contribution >= 0.6 is 0 Å². The summed E-state index contributed by atoms with van der Waals surface area (Å²) < 4.78 is 1.87. The fourth-order valence-corrected chi connectivity index (χ4v) is 3.19. The van der Waals surface area contributed by atoms with Crippen LogP contribution < -0.4 is 5.32 Å². The number of hydrogen-bond donors (Lipinski definition) is 1. The molecule has 0 bridgehead atoms. The van der Waals surface area contributed by atoms with Crippen molar-refractivity contribution in [1.29, 1.82) is 0 Å². The van der Waals surface area contributed by atoms with Gasteiger partial charge in [-0.1, -0.05) is 25.7 Å². The number of hydrogen-bond acceptors (Lipinski definition) is 3. The predicted molar refractivity (Wildman–Crippen MR) is 90.0 cm³/mol. The lowest BCUT2D eigenvalue weighted by Crippen LogP contribution is -2.13. The molecule has 23 heavy (non-hydrogen) atoms. The second kappa shape index (κ2) is 7.90. The third kappa shape index (κ3) is 4.91. The summed E-state index contributed by atoms with van der Waals surface area (Å²) in [5, 5.41) is 7.32. The molecular weight excluding hydrogens is 288 g/mol. The number of carbonyl (C=O) groups excluding carboxylic acids is 1. The Morgan fingerprint density at radius 2 is 2.00 bits per heavy atom. The molecule has 1 N–H and O–H groups in total. The summed E-state index contributed by atoms with van der Waals surface area (Å²) in [6.45, 7) is 0.794. The first kappa shape index (κ1) is 15.7. The molecule has 0 saturated heterocycles. The summed E-state index contributed by atoms with van der Waals surface area (Å²) in [6.07, 6.45) is 13.3. The minimum Gasteiger partial charge on any atom is -0.309 e. The third-order valence-electron chi connectivity index (χ3n) is 4.54. The second-order valence-electron chi connectivity index (χ2n) is 6.31. The first-order valence-electron chi connectivity index (χ1n) is 8.52. The number of rotatable bonds is 7. The van der Waals surface area contributed by atoms with Gasteiger partial charge in [0, 0.05) is 37.6 Å². The summed E-state index contributed by atoms with van der Waals surface area (Å²) in [5.41, 5.74) is 1.23. The molecular formula is C18H24N4O. The van der Waals surface area contributed by atoms with Gasteiger partial charge in [-0.2, -0.15) is 5.10 Å². The van der Waals surface area contributed by atoms with Gasteiger partial charge < -0.3 is 5.32 Å². The first-order chi connectivity index (χ1) is 11.3. The summed E-state index contributed by atoms with van der Waals surface area (Å²) in [6, 6.07) is 5.88. The number of pyridine rings is 1. The molecule has 5 nitrogen and oxygen atoms in total. The zero-order valence-corrected chi connectivity index (χ0v) is 13.4. The topological polar surface area (TPSA) is 59.8 Å². The second-order valence-corrected chi connectivity index (χ2v) is 6.31. The first-order valence-corrected chi connectivity index (χ1v) is 8.52. The fraction of sp³-hybridized carbons (Fsp3) is 0.500. The van der Waals surface area contributed by atoms with E-state index in [-0.39, 0.29) is 5.91 Å². The zero-order chi connectivity index (χ0) is 15.9. The van der Waals surface area contributed by atoms with Crippen molar-refractivity contribution < 1.29 is 4.79 Å². The van der Waals surface area contributed by atoms with E-state index in [4.69, 9.17) is 0 Å². The highest BCUT2D eigenvalue weighted by atomic mass is 16.1. The SMILES string of the molecule is O=C(CCC1CCCC1)Nc1ccn(CCc2ccncc2)n1. The Kier molecular flexibility index (Phi) is 5.40. The predicted octanol–water partition coefficient (Wildman–Crippen LogP) is 3.43. The average molecular weight is 312 g/mol. The van der Waals surface area contributed by atoms with Crippen LogP contribution in [0.25, 0.3) is 0 Å². The van der Waals surface area contributed by atoms with Crippen molar-refractivity contribution in [3.05, 3.63) is 42.4 Å². The maximum Gasteiger partial charge on any atom is 0.225 e. The molecule has 2 aromatic rings. The van der Waals surface area contributed by atoms with E-state index in [1.807, 2.05) is 29.1 Å². The van der Waals surface area contributed by atoms with Crippen LogP contribution in [0.2, 0.25) is 0 Å². The molecule has 1 amide bonds. The standard InChI is InChI=1S/C18H24N4O/c23-18(6-5-15-3-1-2-4-15)20-17-10-14-22(21-17)13-9-16-7-11-19-12-8-16/h7-8,10-12,14-15H,1-6,9,13H2,(H,20,21,23). The highest BCUT2D eigenvalue weighted by molar-refractivity contribution is 5.89. The summed E-state index contributed by atoms with van der Waals surface area (Å²) in [4.78, 5) is 16.0. The highest BCUT2D eigenvalue weighted by Gasteiger charge is 2.16. The molecule has 1 aliphatic carbocycles. The van der Waals surface area contributed by atoms with E-state index >= 15 is 0 Å². The molecule has 2 heterocycles. The Hall–Kier alpha value is -2.17. The van der Waals surface area contributed by atoms with Gasteiger partial charge in [0.05, 0.1) is 0 Å². The fourth-order valence-electron chi connectivity index (χ4n) is 3.19. The van der Waals surface area contributed by atoms with Crippen LogP contribution in [0, 0.1) is 5.92 Å². The summed E-state index contributed by atoms with van der Waals surface area (Å²) in [7, 11) is 0. The van der Waals surface area contributed by atoms with Crippen molar-refractivity contribution in [3.63, 3.8) is 0 Å². The highest BCUT2D eigenvalue weighted by Crippen LogP contribution is 2.28. The minimum absolute atomic E-state index is 0.0799. The van der Waals surface area contributed by atoms with E-state index in [0.29, 0.717) is 12.2 Å². The normalized spacial score (nSPS) is 15.0. The number of anilines is 1. The van der Waals surface area contributed by atoms with Gasteiger partial charge in [-0.05, 0) is 36.5 Å². The molecule has 0 atom stereocenters. The summed E-state index contributed by atoms with van der Waals surface area (Å²) in [5.74, 6) is 1.48. The Morgan fingerprint density at radius 3 is 2.78 bits per heavy atom. The van der Waals surface area contributed by atoms with Gasteiger partial charge in [-0.3, -0.25) is 14.5 Å². The average Bonchev–Trinajstić information content (AvgIpc) is 3.24. The van der Waals surface area contributed by atoms with E-state index in [1.54, 1.807) is 12.4 Å². The van der Waals surface area contributed by atoms with Crippen LogP contribution in [0.1, 0.15) is 44.1 Å². The molecule has 0 aliphatic heterocycles. The van der Waals surface area contributed by atoms with Crippen LogP contribution in [0.5, 0.6) is 0 Å². The molecule has 5 heteroatoms. The number of aromatic nitrogens is 3. The Bertz CT molecular complexity index is 617. The van der Waals surface area contributed by atoms with Crippen LogP contribution in [0.15, 0.2) is 36.8 Å². The molecule has 0 spiro atoms. The van der Waals surface area contributed by atoms with Crippen molar-refractivity contribution >= 4 is 11.7 Å². The van der Waals surface area contributed by atoms with Crippen LogP contribution in [0.3, 0.4) is 0 Å². The molecule has 1 saturated carbocycles. The smallest absolute Gasteiger partial charge is 0.225 e. The van der Waals surface area contributed by atoms with E-state index in [2.05, 4.69) is 15.4 Å². The molecule has 0 unspecified atom stereocenters. The van der Waals surface area contributed by atoms with Crippen molar-refractivity contribution in [2.75, 3.05) is 5.32 Å². The molecule has 1 fully saturated rings. The van der Waals surface area contributed by atoms with E-state index in [9.17, 15) is 4.79 Å². The Labute approximate surface area is 137 Å². The van der Waals surface area contributed by atoms with Gasteiger partial charge >= 0.3 is 0 Å². The molecule has 2 aromatic heterocycles. The van der Waals surface area contributed by atoms with E-state index in [1.165, 1.54) is 31.2 Å². The van der Waals surface area contributed by atoms with Crippen LogP contribution in [0.4, 0.5) is 5.82 Å². The molecule has 3 rings (SSSR count). The molecule has 0 radical (unpaired) electrons. The number of nitrogens with zero attached hydrogens (tertiary/aromatic N) is 3. The van der Waals surface area contributed by atoms with Crippen molar-refractivity contribution in [2.45, 2.75) is 51.5 Å². The van der Waals surface area contributed by atoms with Gasteiger partial charge in [0.1, 0.15) is 0 Å². The Balaban J connectivity index is 1.42. The van der Waals surface area contributed by atoms with Gasteiger partial charge in [0.25, 0.3) is 0 Å². The number of carbonyl (C=O) groups is 1. The third-order valence-corrected chi connectivity index (χ3v) is 4.54. The van der Waals surface area contributed by atoms with Gasteiger partial charge in [0.15, 0.2) is 5.82 Å². The lowest BCUT2D eigenvalue weighted by molar-refractivity contribution is -0.116. The number of nitrogens with one attached hydrogen (secondary N) is 1. The number of aryl methyl sites for hydroxylation is 2. The van der Waals surface area contributed by atoms with Crippen molar-refractivity contribution in [3.8, 4) is 0 Å². The van der Waals surface area contributed by atoms with Gasteiger partial charge in [0.2, 0.25) is 5.91 Å². The lowest BCUT2D eigenvalue weighted by atomic mass is 10.0.